The summed E-state index contributed by atoms with van der Waals surface area (Å²) in [7, 11) is 0. The smallest absolute Gasteiger partial charge is 0.318 e. The van der Waals surface area contributed by atoms with Crippen molar-refractivity contribution < 1.29 is 23.9 Å². The molecular formula is C19H24ClN3O5. The number of piperidine rings is 1. The number of nitrogens with zero attached hydrogens (tertiary/aromatic N) is 1. The highest BCUT2D eigenvalue weighted by Gasteiger charge is 2.33. The van der Waals surface area contributed by atoms with Crippen molar-refractivity contribution in [1.29, 1.82) is 0 Å². The molecule has 0 aromatic heterocycles. The van der Waals surface area contributed by atoms with E-state index in [0.717, 1.165) is 0 Å². The number of ether oxygens (including phenoxy) is 1. The number of benzene rings is 1. The molecule has 0 saturated carbocycles. The summed E-state index contributed by atoms with van der Waals surface area (Å²) in [4.78, 5) is 49.5. The number of halogens is 1. The van der Waals surface area contributed by atoms with Gasteiger partial charge in [0.1, 0.15) is 0 Å². The number of esters is 1. The average Bonchev–Trinajstić information content (AvgIpc) is 2.65. The summed E-state index contributed by atoms with van der Waals surface area (Å²) in [5, 5.41) is 2.49. The summed E-state index contributed by atoms with van der Waals surface area (Å²) in [5.41, 5.74) is 5.48. The van der Waals surface area contributed by atoms with Crippen molar-refractivity contribution in [2.75, 3.05) is 13.1 Å². The molecule has 152 valence electrons. The van der Waals surface area contributed by atoms with Gasteiger partial charge < -0.3 is 15.4 Å². The summed E-state index contributed by atoms with van der Waals surface area (Å²) in [6.07, 6.45) is -0.241. The zero-order valence-electron chi connectivity index (χ0n) is 15.8. The fourth-order valence-electron chi connectivity index (χ4n) is 3.00. The molecule has 8 nitrogen and oxygen atoms in total. The van der Waals surface area contributed by atoms with Crippen LogP contribution in [0, 0.1) is 11.8 Å². The summed E-state index contributed by atoms with van der Waals surface area (Å²) >= 11 is 5.84. The van der Waals surface area contributed by atoms with E-state index in [1.165, 1.54) is 0 Å². The van der Waals surface area contributed by atoms with Gasteiger partial charge in [-0.1, -0.05) is 25.4 Å². The first-order chi connectivity index (χ1) is 13.2. The Morgan fingerprint density at radius 3 is 2.21 bits per heavy atom. The van der Waals surface area contributed by atoms with E-state index in [-0.39, 0.29) is 11.8 Å². The van der Waals surface area contributed by atoms with Crippen molar-refractivity contribution in [2.45, 2.75) is 32.8 Å². The van der Waals surface area contributed by atoms with E-state index in [0.29, 0.717) is 36.5 Å². The van der Waals surface area contributed by atoms with Crippen molar-refractivity contribution in [3.63, 3.8) is 0 Å². The van der Waals surface area contributed by atoms with Crippen LogP contribution in [0.25, 0.3) is 0 Å². The molecular weight excluding hydrogens is 386 g/mol. The fourth-order valence-corrected chi connectivity index (χ4v) is 3.13. The molecule has 0 spiro atoms. The summed E-state index contributed by atoms with van der Waals surface area (Å²) in [6.45, 7) is 4.21. The Morgan fingerprint density at radius 1 is 1.14 bits per heavy atom. The maximum absolute atomic E-state index is 12.5. The highest BCUT2D eigenvalue weighted by Crippen LogP contribution is 2.22. The lowest BCUT2D eigenvalue weighted by Gasteiger charge is -2.32. The Hall–Kier alpha value is -2.61. The third kappa shape index (κ3) is 5.69. The number of rotatable bonds is 5. The number of amides is 4. The molecule has 0 bridgehead atoms. The van der Waals surface area contributed by atoms with Crippen molar-refractivity contribution in [3.05, 3.63) is 34.9 Å². The molecule has 0 unspecified atom stereocenters. The number of hydrogen-bond acceptors (Lipinski definition) is 5. The van der Waals surface area contributed by atoms with Gasteiger partial charge in [0.2, 0.25) is 0 Å². The van der Waals surface area contributed by atoms with Gasteiger partial charge in [-0.25, -0.2) is 4.79 Å². The topological polar surface area (TPSA) is 119 Å². The number of urea groups is 1. The van der Waals surface area contributed by atoms with Crippen LogP contribution in [0.15, 0.2) is 24.3 Å². The number of carbonyl (C=O) groups excluding carboxylic acids is 4. The van der Waals surface area contributed by atoms with E-state index in [9.17, 15) is 19.2 Å². The highest BCUT2D eigenvalue weighted by atomic mass is 35.5. The van der Waals surface area contributed by atoms with Crippen molar-refractivity contribution in [1.82, 2.24) is 10.2 Å². The molecule has 9 heteroatoms. The first-order valence-electron chi connectivity index (χ1n) is 9.04. The van der Waals surface area contributed by atoms with Crippen LogP contribution in [-0.2, 0) is 14.3 Å². The van der Waals surface area contributed by atoms with Gasteiger partial charge >= 0.3 is 12.0 Å². The number of primary amides is 1. The summed E-state index contributed by atoms with van der Waals surface area (Å²) in [5.74, 6) is -2.13. The third-order valence-corrected chi connectivity index (χ3v) is 4.81. The van der Waals surface area contributed by atoms with E-state index in [1.54, 1.807) is 43.0 Å². The van der Waals surface area contributed by atoms with E-state index >= 15 is 0 Å². The highest BCUT2D eigenvalue weighted by molar-refractivity contribution is 6.30. The van der Waals surface area contributed by atoms with E-state index in [4.69, 9.17) is 22.1 Å². The number of hydrogen-bond donors (Lipinski definition) is 2. The molecule has 0 aliphatic carbocycles. The van der Waals surface area contributed by atoms with Gasteiger partial charge in [0.05, 0.1) is 5.92 Å². The van der Waals surface area contributed by atoms with E-state index in [2.05, 4.69) is 0 Å². The molecule has 0 radical (unpaired) electrons. The number of nitrogens with one attached hydrogen (secondary N) is 1. The van der Waals surface area contributed by atoms with Gasteiger partial charge in [0.25, 0.3) is 11.8 Å². The van der Waals surface area contributed by atoms with Crippen LogP contribution in [0.4, 0.5) is 4.79 Å². The molecule has 28 heavy (non-hydrogen) atoms. The Morgan fingerprint density at radius 2 is 1.71 bits per heavy atom. The SMILES string of the molecule is CC(C)[C@H](OC(=O)C1CCN(C(=O)c2ccc(Cl)cc2)CC1)C(=O)NC(N)=O. The number of nitrogens with two attached hydrogens (primary N) is 1. The molecule has 1 aliphatic heterocycles. The predicted octanol–water partition coefficient (Wildman–Crippen LogP) is 1.95. The second-order valence-electron chi connectivity index (χ2n) is 7.03. The van der Waals surface area contributed by atoms with E-state index in [1.807, 2.05) is 5.32 Å². The van der Waals surface area contributed by atoms with E-state index < -0.39 is 29.9 Å². The lowest BCUT2D eigenvalue weighted by molar-refractivity contribution is -0.163. The molecule has 1 aromatic rings. The number of carbonyl (C=O) groups is 4. The van der Waals surface area contributed by atoms with Crippen LogP contribution in [0.2, 0.25) is 5.02 Å². The van der Waals surface area contributed by atoms with Crippen LogP contribution in [0.5, 0.6) is 0 Å². The maximum Gasteiger partial charge on any atom is 0.318 e. The molecule has 1 aromatic carbocycles. The summed E-state index contributed by atoms with van der Waals surface area (Å²) in [6, 6.07) is 5.63. The van der Waals surface area contributed by atoms with Crippen LogP contribution < -0.4 is 11.1 Å². The van der Waals surface area contributed by atoms with Gasteiger partial charge in [-0.05, 0) is 43.0 Å². The Kier molecular flexibility index (Phi) is 7.39. The van der Waals surface area contributed by atoms with Crippen LogP contribution >= 0.6 is 11.6 Å². The molecule has 1 fully saturated rings. The number of imide groups is 1. The maximum atomic E-state index is 12.5. The van der Waals surface area contributed by atoms with Crippen molar-refractivity contribution >= 4 is 35.4 Å². The molecule has 1 aliphatic rings. The van der Waals surface area contributed by atoms with Gasteiger partial charge in [-0.15, -0.1) is 0 Å². The summed E-state index contributed by atoms with van der Waals surface area (Å²) < 4.78 is 5.33. The Labute approximate surface area is 168 Å². The lowest BCUT2D eigenvalue weighted by atomic mass is 9.96. The minimum Gasteiger partial charge on any atom is -0.452 e. The van der Waals surface area contributed by atoms with Gasteiger partial charge in [-0.3, -0.25) is 19.7 Å². The monoisotopic (exact) mass is 409 g/mol. The first-order valence-corrected chi connectivity index (χ1v) is 9.42. The molecule has 3 N–H and O–H groups in total. The minimum absolute atomic E-state index is 0.121. The average molecular weight is 410 g/mol. The zero-order valence-corrected chi connectivity index (χ0v) is 16.6. The molecule has 4 amide bonds. The molecule has 1 atom stereocenters. The van der Waals surface area contributed by atoms with Gasteiger partial charge in [-0.2, -0.15) is 0 Å². The van der Waals surface area contributed by atoms with Gasteiger partial charge in [0, 0.05) is 23.7 Å². The quantitative estimate of drug-likeness (QED) is 0.720. The molecule has 1 heterocycles. The lowest BCUT2D eigenvalue weighted by Crippen LogP contribution is -2.47. The Balaban J connectivity index is 1.91. The van der Waals surface area contributed by atoms with Crippen LogP contribution in [0.1, 0.15) is 37.0 Å². The standard InChI is InChI=1S/C19H24ClN3O5/c1-11(2)15(16(24)22-19(21)27)28-18(26)13-7-9-23(10-8-13)17(25)12-3-5-14(20)6-4-12/h3-6,11,13,15H,7-10H2,1-2H3,(H3,21,22,24,27)/t15-/m0/s1. The second-order valence-corrected chi connectivity index (χ2v) is 7.46. The third-order valence-electron chi connectivity index (χ3n) is 4.56. The largest absolute Gasteiger partial charge is 0.452 e. The second kappa shape index (κ2) is 9.54. The fraction of sp³-hybridized carbons (Fsp3) is 0.474. The van der Waals surface area contributed by atoms with Crippen LogP contribution in [-0.4, -0.2) is 47.9 Å². The zero-order chi connectivity index (χ0) is 20.8. The minimum atomic E-state index is -1.10. The van der Waals surface area contributed by atoms with Gasteiger partial charge in [0.15, 0.2) is 6.10 Å². The molecule has 2 rings (SSSR count). The molecule has 1 saturated heterocycles. The number of likely N-dealkylation sites (tertiary alicyclic amines) is 1. The Bertz CT molecular complexity index is 742. The first kappa shape index (κ1) is 21.7. The predicted molar refractivity (Wildman–Crippen MR) is 103 cm³/mol. The normalized spacial score (nSPS) is 15.8. The van der Waals surface area contributed by atoms with Crippen molar-refractivity contribution in [2.24, 2.45) is 17.6 Å². The van der Waals surface area contributed by atoms with Crippen molar-refractivity contribution in [3.8, 4) is 0 Å². The van der Waals surface area contributed by atoms with Crippen LogP contribution in [0.3, 0.4) is 0 Å².